The number of pyridine rings is 1. The molecule has 2 rings (SSSR count). The first kappa shape index (κ1) is 16.0. The van der Waals surface area contributed by atoms with Crippen LogP contribution >= 0.6 is 0 Å². The summed E-state index contributed by atoms with van der Waals surface area (Å²) in [5, 5.41) is 12.3. The van der Waals surface area contributed by atoms with Gasteiger partial charge in [-0.2, -0.15) is 13.2 Å². The maximum absolute atomic E-state index is 13.2. The Hall–Kier alpha value is -2.35. The quantitative estimate of drug-likeness (QED) is 0.910. The standard InChI is InChI=1S/C14H13F3N2O3/c1-9-2-3-11(22-9)13(21,14(15,16)17)8-12(20)19-10-4-6-18-7-5-10/h2-7,21H,8H2,1H3,(H,18,19,20). The van der Waals surface area contributed by atoms with Gasteiger partial charge in [0, 0.05) is 18.1 Å². The Labute approximate surface area is 123 Å². The molecule has 8 heteroatoms. The lowest BCUT2D eigenvalue weighted by Crippen LogP contribution is -2.44. The maximum Gasteiger partial charge on any atom is 0.425 e. The van der Waals surface area contributed by atoms with Gasteiger partial charge in [0.2, 0.25) is 11.5 Å². The molecule has 0 bridgehead atoms. The summed E-state index contributed by atoms with van der Waals surface area (Å²) in [7, 11) is 0. The summed E-state index contributed by atoms with van der Waals surface area (Å²) < 4.78 is 44.5. The van der Waals surface area contributed by atoms with E-state index in [2.05, 4.69) is 10.3 Å². The van der Waals surface area contributed by atoms with Crippen LogP contribution in [0.2, 0.25) is 0 Å². The van der Waals surface area contributed by atoms with Crippen LogP contribution in [0.25, 0.3) is 0 Å². The van der Waals surface area contributed by atoms with Gasteiger partial charge in [0.15, 0.2) is 0 Å². The zero-order chi connectivity index (χ0) is 16.4. The lowest BCUT2D eigenvalue weighted by molar-refractivity contribution is -0.272. The molecule has 0 aromatic carbocycles. The highest BCUT2D eigenvalue weighted by atomic mass is 19.4. The molecule has 0 saturated carbocycles. The van der Waals surface area contributed by atoms with Crippen LogP contribution in [-0.4, -0.2) is 22.2 Å². The first-order chi connectivity index (χ1) is 10.2. The Kier molecular flexibility index (Phi) is 4.23. The number of aryl methyl sites for hydroxylation is 1. The Balaban J connectivity index is 2.22. The molecule has 22 heavy (non-hydrogen) atoms. The van der Waals surface area contributed by atoms with E-state index in [1.807, 2.05) is 0 Å². The fraction of sp³-hybridized carbons (Fsp3) is 0.286. The average Bonchev–Trinajstić information content (AvgIpc) is 2.85. The number of carbonyl (C=O) groups is 1. The molecule has 0 aliphatic carbocycles. The third kappa shape index (κ3) is 3.28. The molecule has 0 fully saturated rings. The highest BCUT2D eigenvalue weighted by molar-refractivity contribution is 5.91. The van der Waals surface area contributed by atoms with Crippen LogP contribution in [0.1, 0.15) is 17.9 Å². The molecule has 0 radical (unpaired) electrons. The van der Waals surface area contributed by atoms with E-state index < -0.39 is 29.9 Å². The molecule has 2 heterocycles. The van der Waals surface area contributed by atoms with E-state index in [1.54, 1.807) is 0 Å². The van der Waals surface area contributed by atoms with Crippen molar-refractivity contribution in [1.82, 2.24) is 4.98 Å². The van der Waals surface area contributed by atoms with Gasteiger partial charge in [0.1, 0.15) is 11.5 Å². The largest absolute Gasteiger partial charge is 0.463 e. The smallest absolute Gasteiger partial charge is 0.425 e. The second kappa shape index (κ2) is 5.80. The number of nitrogens with zero attached hydrogens (tertiary/aromatic N) is 1. The molecule has 0 aliphatic rings. The van der Waals surface area contributed by atoms with E-state index in [0.717, 1.165) is 6.07 Å². The van der Waals surface area contributed by atoms with E-state index in [9.17, 15) is 23.1 Å². The van der Waals surface area contributed by atoms with Crippen LogP contribution in [0.4, 0.5) is 18.9 Å². The van der Waals surface area contributed by atoms with Gasteiger partial charge in [-0.1, -0.05) is 0 Å². The van der Waals surface area contributed by atoms with Crippen molar-refractivity contribution in [3.63, 3.8) is 0 Å². The van der Waals surface area contributed by atoms with Crippen molar-refractivity contribution in [2.75, 3.05) is 5.32 Å². The van der Waals surface area contributed by atoms with Crippen LogP contribution in [0, 0.1) is 6.92 Å². The number of anilines is 1. The molecule has 1 unspecified atom stereocenters. The Bertz CT molecular complexity index is 655. The van der Waals surface area contributed by atoms with Crippen molar-refractivity contribution in [2.45, 2.75) is 25.1 Å². The van der Waals surface area contributed by atoms with Gasteiger partial charge in [-0.15, -0.1) is 0 Å². The lowest BCUT2D eigenvalue weighted by Gasteiger charge is -2.27. The van der Waals surface area contributed by atoms with Gasteiger partial charge in [0.05, 0.1) is 6.42 Å². The second-order valence-corrected chi connectivity index (χ2v) is 4.73. The lowest BCUT2D eigenvalue weighted by atomic mass is 9.95. The molecule has 0 aliphatic heterocycles. The third-order valence-corrected chi connectivity index (χ3v) is 3.00. The number of hydrogen-bond donors (Lipinski definition) is 2. The minimum Gasteiger partial charge on any atom is -0.463 e. The number of hydrogen-bond acceptors (Lipinski definition) is 4. The van der Waals surface area contributed by atoms with E-state index >= 15 is 0 Å². The number of aliphatic hydroxyl groups is 1. The van der Waals surface area contributed by atoms with Crippen LogP contribution in [-0.2, 0) is 10.4 Å². The molecule has 5 nitrogen and oxygen atoms in total. The number of amides is 1. The summed E-state index contributed by atoms with van der Waals surface area (Å²) in [5.41, 5.74) is -3.11. The number of nitrogens with one attached hydrogen (secondary N) is 1. The highest BCUT2D eigenvalue weighted by Crippen LogP contribution is 2.42. The number of alkyl halides is 3. The topological polar surface area (TPSA) is 75.4 Å². The number of furan rings is 1. The minimum absolute atomic E-state index is 0.201. The third-order valence-electron chi connectivity index (χ3n) is 3.00. The normalized spacial score (nSPS) is 14.4. The highest BCUT2D eigenvalue weighted by Gasteiger charge is 2.58. The van der Waals surface area contributed by atoms with Crippen molar-refractivity contribution < 1.29 is 27.5 Å². The van der Waals surface area contributed by atoms with Gasteiger partial charge in [-0.3, -0.25) is 9.78 Å². The average molecular weight is 314 g/mol. The van der Waals surface area contributed by atoms with E-state index in [-0.39, 0.29) is 11.4 Å². The van der Waals surface area contributed by atoms with Crippen molar-refractivity contribution >= 4 is 11.6 Å². The monoisotopic (exact) mass is 314 g/mol. The zero-order valence-electron chi connectivity index (χ0n) is 11.5. The fourth-order valence-corrected chi connectivity index (χ4v) is 1.86. The van der Waals surface area contributed by atoms with Crippen molar-refractivity contribution in [1.29, 1.82) is 0 Å². The summed E-state index contributed by atoms with van der Waals surface area (Å²) in [6.07, 6.45) is -3.53. The van der Waals surface area contributed by atoms with E-state index in [1.165, 1.54) is 37.5 Å². The van der Waals surface area contributed by atoms with Gasteiger partial charge >= 0.3 is 6.18 Å². The van der Waals surface area contributed by atoms with Crippen molar-refractivity contribution in [2.24, 2.45) is 0 Å². The van der Waals surface area contributed by atoms with E-state index in [0.29, 0.717) is 0 Å². The minimum atomic E-state index is -5.06. The van der Waals surface area contributed by atoms with Gasteiger partial charge in [-0.25, -0.2) is 0 Å². The Morgan fingerprint density at radius 2 is 1.91 bits per heavy atom. The summed E-state index contributed by atoms with van der Waals surface area (Å²) in [6, 6.07) is 5.12. The van der Waals surface area contributed by atoms with Crippen LogP contribution in [0.15, 0.2) is 41.1 Å². The first-order valence-corrected chi connectivity index (χ1v) is 6.28. The number of rotatable bonds is 4. The summed E-state index contributed by atoms with van der Waals surface area (Å²) in [4.78, 5) is 15.5. The predicted octanol–water partition coefficient (Wildman–Crippen LogP) is 2.76. The van der Waals surface area contributed by atoms with Gasteiger partial charge in [-0.05, 0) is 31.2 Å². The molecule has 1 amide bonds. The molecule has 2 aromatic heterocycles. The van der Waals surface area contributed by atoms with Gasteiger partial charge in [0.25, 0.3) is 0 Å². The molecular weight excluding hydrogens is 301 g/mol. The summed E-state index contributed by atoms with van der Waals surface area (Å²) in [5.74, 6) is -1.52. The molecule has 1 atom stereocenters. The SMILES string of the molecule is Cc1ccc(C(O)(CC(=O)Nc2ccncc2)C(F)(F)F)o1. The van der Waals surface area contributed by atoms with Crippen LogP contribution in [0.3, 0.4) is 0 Å². The van der Waals surface area contributed by atoms with Crippen molar-refractivity contribution in [3.05, 3.63) is 48.2 Å². The Morgan fingerprint density at radius 1 is 1.27 bits per heavy atom. The predicted molar refractivity (Wildman–Crippen MR) is 70.9 cm³/mol. The number of aromatic nitrogens is 1. The first-order valence-electron chi connectivity index (χ1n) is 6.28. The number of halogens is 3. The summed E-state index contributed by atoms with van der Waals surface area (Å²) in [6.45, 7) is 1.44. The van der Waals surface area contributed by atoms with Crippen molar-refractivity contribution in [3.8, 4) is 0 Å². The molecule has 0 saturated heterocycles. The number of carbonyl (C=O) groups excluding carboxylic acids is 1. The molecule has 0 spiro atoms. The Morgan fingerprint density at radius 3 is 2.41 bits per heavy atom. The molecule has 2 aromatic rings. The maximum atomic E-state index is 13.2. The van der Waals surface area contributed by atoms with Crippen LogP contribution in [0.5, 0.6) is 0 Å². The fourth-order valence-electron chi connectivity index (χ4n) is 1.86. The summed E-state index contributed by atoms with van der Waals surface area (Å²) >= 11 is 0. The zero-order valence-corrected chi connectivity index (χ0v) is 11.5. The second-order valence-electron chi connectivity index (χ2n) is 4.73. The van der Waals surface area contributed by atoms with E-state index in [4.69, 9.17) is 4.42 Å². The molecular formula is C14H13F3N2O3. The molecule has 118 valence electrons. The molecule has 2 N–H and O–H groups in total. The van der Waals surface area contributed by atoms with Crippen LogP contribution < -0.4 is 5.32 Å². The van der Waals surface area contributed by atoms with Gasteiger partial charge < -0.3 is 14.8 Å².